The van der Waals surface area contributed by atoms with E-state index in [1.165, 1.54) is 16.5 Å². The molecule has 0 amide bonds. The Balaban J connectivity index is 2.34. The molecule has 92 valence electrons. The molecule has 0 radical (unpaired) electrons. The van der Waals surface area contributed by atoms with Crippen molar-refractivity contribution in [1.82, 2.24) is 9.78 Å². The summed E-state index contributed by atoms with van der Waals surface area (Å²) in [5.74, 6) is 0. The van der Waals surface area contributed by atoms with E-state index < -0.39 is 0 Å². The monoisotopic (exact) mass is 232 g/mol. The Bertz CT molecular complexity index is 502. The lowest BCUT2D eigenvalue weighted by Gasteiger charge is -2.05. The van der Waals surface area contributed by atoms with Crippen LogP contribution in [0, 0.1) is 6.92 Å². The number of fused-ring (bicyclic) bond motifs is 1. The number of nitrogens with zero attached hydrogens (tertiary/aromatic N) is 2. The second kappa shape index (κ2) is 5.32. The van der Waals surface area contributed by atoms with E-state index >= 15 is 0 Å². The average molecular weight is 232 g/mol. The Labute approximate surface area is 102 Å². The first-order valence-electron chi connectivity index (χ1n) is 6.30. The molecule has 0 unspecified atom stereocenters. The zero-order valence-corrected chi connectivity index (χ0v) is 10.9. The van der Waals surface area contributed by atoms with Crippen molar-refractivity contribution in [1.29, 1.82) is 0 Å². The van der Waals surface area contributed by atoms with Gasteiger partial charge in [-0.25, -0.2) is 4.68 Å². The van der Waals surface area contributed by atoms with Gasteiger partial charge in [0.15, 0.2) is 0 Å². The van der Waals surface area contributed by atoms with Crippen molar-refractivity contribution in [3.05, 3.63) is 29.5 Å². The van der Waals surface area contributed by atoms with Crippen molar-refractivity contribution in [2.45, 2.75) is 40.3 Å². The van der Waals surface area contributed by atoms with Crippen LogP contribution >= 0.6 is 0 Å². The van der Waals surface area contributed by atoms with Gasteiger partial charge in [0.05, 0.1) is 11.2 Å². The Hall–Kier alpha value is -1.35. The summed E-state index contributed by atoms with van der Waals surface area (Å²) in [5.41, 5.74) is 3.59. The lowest BCUT2D eigenvalue weighted by atomic mass is 10.1. The van der Waals surface area contributed by atoms with Crippen LogP contribution in [0.5, 0.6) is 0 Å². The highest BCUT2D eigenvalue weighted by Gasteiger charge is 2.07. The molecule has 1 heterocycles. The van der Waals surface area contributed by atoms with Gasteiger partial charge in [-0.1, -0.05) is 26.0 Å². The molecule has 3 heteroatoms. The molecule has 0 aliphatic heterocycles. The molecule has 0 bridgehead atoms. The van der Waals surface area contributed by atoms with E-state index in [-0.39, 0.29) is 0 Å². The topological polar surface area (TPSA) is 27.1 Å². The van der Waals surface area contributed by atoms with E-state index in [0.717, 1.165) is 25.1 Å². The molecule has 1 aromatic carbocycles. The molecular formula is C14H20N2O. The number of benzene rings is 1. The first kappa shape index (κ1) is 12.1. The number of aromatic nitrogens is 2. The molecule has 3 nitrogen and oxygen atoms in total. The van der Waals surface area contributed by atoms with Crippen molar-refractivity contribution in [2.24, 2.45) is 0 Å². The number of rotatable bonds is 5. The van der Waals surface area contributed by atoms with Gasteiger partial charge in [-0.3, -0.25) is 0 Å². The maximum atomic E-state index is 5.56. The molecule has 0 spiro atoms. The van der Waals surface area contributed by atoms with E-state index in [2.05, 4.69) is 37.1 Å². The minimum atomic E-state index is 0.547. The maximum Gasteiger partial charge on any atom is 0.140 e. The lowest BCUT2D eigenvalue weighted by molar-refractivity contribution is 0.0721. The van der Waals surface area contributed by atoms with Gasteiger partial charge < -0.3 is 4.74 Å². The molecule has 0 fully saturated rings. The molecule has 0 atom stereocenters. The van der Waals surface area contributed by atoms with Gasteiger partial charge in [0.2, 0.25) is 0 Å². The van der Waals surface area contributed by atoms with Gasteiger partial charge in [0.25, 0.3) is 0 Å². The third kappa shape index (κ3) is 2.50. The van der Waals surface area contributed by atoms with E-state index in [1.54, 1.807) is 0 Å². The molecule has 0 saturated carbocycles. The molecule has 0 saturated heterocycles. The van der Waals surface area contributed by atoms with E-state index in [0.29, 0.717) is 6.73 Å². The minimum Gasteiger partial charge on any atom is -0.359 e. The maximum absolute atomic E-state index is 5.56. The summed E-state index contributed by atoms with van der Waals surface area (Å²) in [4.78, 5) is 0. The van der Waals surface area contributed by atoms with Crippen LogP contribution in [0.4, 0.5) is 0 Å². The normalized spacial score (nSPS) is 11.2. The van der Waals surface area contributed by atoms with Crippen molar-refractivity contribution < 1.29 is 4.74 Å². The van der Waals surface area contributed by atoms with Crippen LogP contribution < -0.4 is 0 Å². The van der Waals surface area contributed by atoms with Gasteiger partial charge >= 0.3 is 0 Å². The first-order chi connectivity index (χ1) is 8.26. The van der Waals surface area contributed by atoms with E-state index in [4.69, 9.17) is 4.74 Å². The van der Waals surface area contributed by atoms with E-state index in [1.807, 2.05) is 11.6 Å². The number of ether oxygens (including phenoxy) is 1. The molecule has 0 aliphatic rings. The Kier molecular flexibility index (Phi) is 3.79. The molecule has 2 aromatic rings. The van der Waals surface area contributed by atoms with Crippen molar-refractivity contribution in [3.8, 4) is 0 Å². The standard InChI is InChI=1S/C14H20N2O/c1-4-8-17-10-16-14-9-12(5-2)6-7-13(14)11(3)15-16/h6-7,9H,4-5,8,10H2,1-3H3. The van der Waals surface area contributed by atoms with Crippen LogP contribution in [0.2, 0.25) is 0 Å². The second-order valence-corrected chi connectivity index (χ2v) is 4.33. The minimum absolute atomic E-state index is 0.547. The van der Waals surface area contributed by atoms with Gasteiger partial charge in [0, 0.05) is 12.0 Å². The first-order valence-corrected chi connectivity index (χ1v) is 6.30. The third-order valence-electron chi connectivity index (χ3n) is 2.97. The highest BCUT2D eigenvalue weighted by Crippen LogP contribution is 2.20. The van der Waals surface area contributed by atoms with Crippen LogP contribution in [0.15, 0.2) is 18.2 Å². The number of hydrogen-bond acceptors (Lipinski definition) is 2. The van der Waals surface area contributed by atoms with Crippen molar-refractivity contribution in [3.63, 3.8) is 0 Å². The van der Waals surface area contributed by atoms with Crippen LogP contribution in [-0.2, 0) is 17.9 Å². The summed E-state index contributed by atoms with van der Waals surface area (Å²) >= 11 is 0. The smallest absolute Gasteiger partial charge is 0.140 e. The van der Waals surface area contributed by atoms with Crippen LogP contribution in [0.3, 0.4) is 0 Å². The highest BCUT2D eigenvalue weighted by molar-refractivity contribution is 5.82. The summed E-state index contributed by atoms with van der Waals surface area (Å²) < 4.78 is 7.52. The largest absolute Gasteiger partial charge is 0.359 e. The Morgan fingerprint density at radius 2 is 2.12 bits per heavy atom. The van der Waals surface area contributed by atoms with Gasteiger partial charge in [0.1, 0.15) is 6.73 Å². The lowest BCUT2D eigenvalue weighted by Crippen LogP contribution is -2.05. The second-order valence-electron chi connectivity index (χ2n) is 4.33. The van der Waals surface area contributed by atoms with Gasteiger partial charge in [-0.2, -0.15) is 5.10 Å². The summed E-state index contributed by atoms with van der Waals surface area (Å²) in [6.45, 7) is 7.66. The fraction of sp³-hybridized carbons (Fsp3) is 0.500. The Morgan fingerprint density at radius 1 is 1.29 bits per heavy atom. The van der Waals surface area contributed by atoms with Crippen LogP contribution in [-0.4, -0.2) is 16.4 Å². The zero-order valence-electron chi connectivity index (χ0n) is 10.9. The SMILES string of the molecule is CCCOCn1nc(C)c2ccc(CC)cc21. The van der Waals surface area contributed by atoms with E-state index in [9.17, 15) is 0 Å². The molecule has 0 aliphatic carbocycles. The fourth-order valence-electron chi connectivity index (χ4n) is 2.00. The predicted octanol–water partition coefficient (Wildman–Crippen LogP) is 3.29. The highest BCUT2D eigenvalue weighted by atomic mass is 16.5. The molecule has 17 heavy (non-hydrogen) atoms. The summed E-state index contributed by atoms with van der Waals surface area (Å²) in [7, 11) is 0. The summed E-state index contributed by atoms with van der Waals surface area (Å²) in [6.07, 6.45) is 2.09. The average Bonchev–Trinajstić information content (AvgIpc) is 2.66. The van der Waals surface area contributed by atoms with Crippen LogP contribution in [0.25, 0.3) is 10.9 Å². The van der Waals surface area contributed by atoms with Crippen LogP contribution in [0.1, 0.15) is 31.5 Å². The Morgan fingerprint density at radius 3 is 2.82 bits per heavy atom. The quantitative estimate of drug-likeness (QED) is 0.740. The number of hydrogen-bond donors (Lipinski definition) is 0. The fourth-order valence-corrected chi connectivity index (χ4v) is 2.00. The molecule has 1 aromatic heterocycles. The molecular weight excluding hydrogens is 212 g/mol. The third-order valence-corrected chi connectivity index (χ3v) is 2.97. The summed E-state index contributed by atoms with van der Waals surface area (Å²) in [6, 6.07) is 6.55. The van der Waals surface area contributed by atoms with Crippen molar-refractivity contribution >= 4 is 10.9 Å². The number of aryl methyl sites for hydroxylation is 2. The van der Waals surface area contributed by atoms with Crippen molar-refractivity contribution in [2.75, 3.05) is 6.61 Å². The zero-order chi connectivity index (χ0) is 12.3. The molecule has 2 rings (SSSR count). The van der Waals surface area contributed by atoms with Gasteiger partial charge in [-0.05, 0) is 31.4 Å². The molecule has 0 N–H and O–H groups in total. The summed E-state index contributed by atoms with van der Waals surface area (Å²) in [5, 5.41) is 5.75. The predicted molar refractivity (Wildman–Crippen MR) is 70.1 cm³/mol. The van der Waals surface area contributed by atoms with Gasteiger partial charge in [-0.15, -0.1) is 0 Å².